The molecule has 1 aromatic heterocycles. The summed E-state index contributed by atoms with van der Waals surface area (Å²) in [5, 5.41) is 11.0. The summed E-state index contributed by atoms with van der Waals surface area (Å²) in [7, 11) is 0. The number of benzene rings is 1. The van der Waals surface area contributed by atoms with Crippen molar-refractivity contribution < 1.29 is 0 Å². The topological polar surface area (TPSA) is 40.7 Å². The highest BCUT2D eigenvalue weighted by molar-refractivity contribution is 5.61. The van der Waals surface area contributed by atoms with Crippen LogP contribution in [0.1, 0.15) is 29.7 Å². The fourth-order valence-electron chi connectivity index (χ4n) is 2.26. The molecule has 1 aromatic carbocycles. The Balaban J connectivity index is 1.78. The Morgan fingerprint density at radius 2 is 1.89 bits per heavy atom. The second kappa shape index (κ2) is 4.58. The molecule has 1 heterocycles. The zero-order chi connectivity index (χ0) is 12.5. The molecular weight excluding hydrogens is 222 g/mol. The number of aromatic amines is 1. The predicted molar refractivity (Wildman–Crippen MR) is 73.4 cm³/mol. The Labute approximate surface area is 108 Å². The molecule has 0 amide bonds. The van der Waals surface area contributed by atoms with E-state index >= 15 is 0 Å². The van der Waals surface area contributed by atoms with Crippen LogP contribution < -0.4 is 5.32 Å². The Bertz CT molecular complexity index is 532. The molecule has 1 saturated carbocycles. The van der Waals surface area contributed by atoms with Gasteiger partial charge in [0.2, 0.25) is 0 Å². The standard InChI is InChI=1S/C15H19N3/c1-10-5-11(2)7-12(6-10)15-8-14(17-18-15)9-16-13-3-4-13/h5-8,13,16H,3-4,9H2,1-2H3,(H,17,18). The normalized spacial score (nSPS) is 15.0. The summed E-state index contributed by atoms with van der Waals surface area (Å²) in [6, 6.07) is 9.43. The summed E-state index contributed by atoms with van der Waals surface area (Å²) in [4.78, 5) is 0. The van der Waals surface area contributed by atoms with E-state index in [4.69, 9.17) is 0 Å². The molecule has 3 rings (SSSR count). The van der Waals surface area contributed by atoms with E-state index in [9.17, 15) is 0 Å². The third-order valence-corrected chi connectivity index (χ3v) is 3.31. The molecule has 0 aliphatic heterocycles. The first-order chi connectivity index (χ1) is 8.70. The molecule has 3 heteroatoms. The van der Waals surface area contributed by atoms with Gasteiger partial charge >= 0.3 is 0 Å². The lowest BCUT2D eigenvalue weighted by molar-refractivity contribution is 0.672. The van der Waals surface area contributed by atoms with Crippen molar-refractivity contribution in [3.63, 3.8) is 0 Å². The molecule has 1 aliphatic carbocycles. The summed E-state index contributed by atoms with van der Waals surface area (Å²) < 4.78 is 0. The van der Waals surface area contributed by atoms with E-state index in [2.05, 4.69) is 53.6 Å². The highest BCUT2D eigenvalue weighted by Crippen LogP contribution is 2.22. The van der Waals surface area contributed by atoms with Gasteiger partial charge in [-0.25, -0.2) is 0 Å². The largest absolute Gasteiger partial charge is 0.308 e. The lowest BCUT2D eigenvalue weighted by atomic mass is 10.1. The summed E-state index contributed by atoms with van der Waals surface area (Å²) in [5.74, 6) is 0. The fourth-order valence-corrected chi connectivity index (χ4v) is 2.26. The molecule has 1 fully saturated rings. The zero-order valence-electron chi connectivity index (χ0n) is 11.0. The molecule has 2 aromatic rings. The average Bonchev–Trinajstić information content (AvgIpc) is 3.02. The van der Waals surface area contributed by atoms with Crippen molar-refractivity contribution in [2.75, 3.05) is 0 Å². The van der Waals surface area contributed by atoms with Crippen molar-refractivity contribution >= 4 is 0 Å². The first-order valence-corrected chi connectivity index (χ1v) is 6.57. The van der Waals surface area contributed by atoms with Crippen LogP contribution in [0.3, 0.4) is 0 Å². The Morgan fingerprint density at radius 3 is 2.56 bits per heavy atom. The number of aryl methyl sites for hydroxylation is 2. The predicted octanol–water partition coefficient (Wildman–Crippen LogP) is 2.95. The second-order valence-corrected chi connectivity index (χ2v) is 5.31. The van der Waals surface area contributed by atoms with Crippen LogP contribution in [0, 0.1) is 13.8 Å². The molecule has 18 heavy (non-hydrogen) atoms. The Hall–Kier alpha value is -1.61. The number of rotatable bonds is 4. The molecule has 2 N–H and O–H groups in total. The van der Waals surface area contributed by atoms with E-state index < -0.39 is 0 Å². The van der Waals surface area contributed by atoms with Crippen molar-refractivity contribution in [2.24, 2.45) is 0 Å². The van der Waals surface area contributed by atoms with Crippen molar-refractivity contribution in [2.45, 2.75) is 39.3 Å². The van der Waals surface area contributed by atoms with Crippen LogP contribution in [0.5, 0.6) is 0 Å². The Kier molecular flexibility index (Phi) is 2.92. The minimum Gasteiger partial charge on any atom is -0.308 e. The summed E-state index contributed by atoms with van der Waals surface area (Å²) in [6.07, 6.45) is 2.64. The van der Waals surface area contributed by atoms with Gasteiger partial charge < -0.3 is 5.32 Å². The number of nitrogens with zero attached hydrogens (tertiary/aromatic N) is 1. The van der Waals surface area contributed by atoms with Crippen molar-refractivity contribution in [3.05, 3.63) is 41.1 Å². The van der Waals surface area contributed by atoms with Crippen LogP contribution in [0.15, 0.2) is 24.3 Å². The van der Waals surface area contributed by atoms with Gasteiger partial charge in [0.25, 0.3) is 0 Å². The Morgan fingerprint density at radius 1 is 1.17 bits per heavy atom. The van der Waals surface area contributed by atoms with E-state index in [0.717, 1.165) is 24.0 Å². The minimum atomic E-state index is 0.734. The van der Waals surface area contributed by atoms with Gasteiger partial charge in [-0.15, -0.1) is 0 Å². The maximum Gasteiger partial charge on any atom is 0.0924 e. The molecule has 0 radical (unpaired) electrons. The lowest BCUT2D eigenvalue weighted by Gasteiger charge is -2.01. The van der Waals surface area contributed by atoms with Crippen LogP contribution >= 0.6 is 0 Å². The minimum absolute atomic E-state index is 0.734. The fraction of sp³-hybridized carbons (Fsp3) is 0.400. The first-order valence-electron chi connectivity index (χ1n) is 6.57. The van der Waals surface area contributed by atoms with Gasteiger partial charge in [-0.1, -0.05) is 17.2 Å². The summed E-state index contributed by atoms with van der Waals surface area (Å²) in [5.41, 5.74) is 5.96. The molecule has 0 spiro atoms. The van der Waals surface area contributed by atoms with Crippen molar-refractivity contribution in [3.8, 4) is 11.3 Å². The first kappa shape index (κ1) is 11.5. The van der Waals surface area contributed by atoms with Crippen LogP contribution in [0.4, 0.5) is 0 Å². The lowest BCUT2D eigenvalue weighted by Crippen LogP contribution is -2.15. The van der Waals surface area contributed by atoms with E-state index in [0.29, 0.717) is 0 Å². The smallest absolute Gasteiger partial charge is 0.0924 e. The summed E-state index contributed by atoms with van der Waals surface area (Å²) in [6.45, 7) is 5.14. The molecule has 0 saturated heterocycles. The third kappa shape index (κ3) is 2.62. The molecule has 0 bridgehead atoms. The van der Waals surface area contributed by atoms with Crippen molar-refractivity contribution in [1.82, 2.24) is 15.5 Å². The summed E-state index contributed by atoms with van der Waals surface area (Å²) >= 11 is 0. The van der Waals surface area contributed by atoms with Crippen LogP contribution in [0.2, 0.25) is 0 Å². The molecular formula is C15H19N3. The zero-order valence-corrected chi connectivity index (χ0v) is 11.0. The van der Waals surface area contributed by atoms with Crippen molar-refractivity contribution in [1.29, 1.82) is 0 Å². The van der Waals surface area contributed by atoms with Crippen LogP contribution in [-0.2, 0) is 6.54 Å². The molecule has 3 nitrogen and oxygen atoms in total. The highest BCUT2D eigenvalue weighted by Gasteiger charge is 2.20. The SMILES string of the molecule is Cc1cc(C)cc(-c2cc(CNC3CC3)[nH]n2)c1. The van der Waals surface area contributed by atoms with Gasteiger partial charge in [0.05, 0.1) is 5.69 Å². The maximum atomic E-state index is 4.40. The quantitative estimate of drug-likeness (QED) is 0.864. The monoisotopic (exact) mass is 241 g/mol. The maximum absolute atomic E-state index is 4.40. The van der Waals surface area contributed by atoms with E-state index in [1.54, 1.807) is 0 Å². The van der Waals surface area contributed by atoms with Crippen LogP contribution in [0.25, 0.3) is 11.3 Å². The average molecular weight is 241 g/mol. The van der Waals surface area contributed by atoms with Gasteiger partial charge in [0, 0.05) is 23.8 Å². The number of H-pyrrole nitrogens is 1. The number of nitrogens with one attached hydrogen (secondary N) is 2. The van der Waals surface area contributed by atoms with E-state index in [-0.39, 0.29) is 0 Å². The molecule has 0 atom stereocenters. The van der Waals surface area contributed by atoms with E-state index in [1.165, 1.54) is 29.5 Å². The van der Waals surface area contributed by atoms with Gasteiger partial charge in [-0.3, -0.25) is 5.10 Å². The van der Waals surface area contributed by atoms with Crippen LogP contribution in [-0.4, -0.2) is 16.2 Å². The second-order valence-electron chi connectivity index (χ2n) is 5.31. The molecule has 94 valence electrons. The van der Waals surface area contributed by atoms with Gasteiger partial charge in [0.15, 0.2) is 0 Å². The number of aromatic nitrogens is 2. The van der Waals surface area contributed by atoms with E-state index in [1.807, 2.05) is 0 Å². The third-order valence-electron chi connectivity index (χ3n) is 3.31. The number of hydrogen-bond acceptors (Lipinski definition) is 2. The highest BCUT2D eigenvalue weighted by atomic mass is 15.1. The van der Waals surface area contributed by atoms with Gasteiger partial charge in [-0.05, 0) is 44.9 Å². The van der Waals surface area contributed by atoms with Gasteiger partial charge in [0.1, 0.15) is 0 Å². The number of hydrogen-bond donors (Lipinski definition) is 2. The molecule has 0 unspecified atom stereocenters. The van der Waals surface area contributed by atoms with Gasteiger partial charge in [-0.2, -0.15) is 5.10 Å². The molecule has 1 aliphatic rings.